The first kappa shape index (κ1) is 15.3. The van der Waals surface area contributed by atoms with Gasteiger partial charge in [0, 0.05) is 19.0 Å². The number of carbonyl (C=O) groups excluding carboxylic acids is 1. The molecule has 5 heteroatoms. The van der Waals surface area contributed by atoms with Gasteiger partial charge in [-0.15, -0.1) is 0 Å². The second-order valence-electron chi connectivity index (χ2n) is 6.16. The van der Waals surface area contributed by atoms with Gasteiger partial charge in [0.2, 0.25) is 5.91 Å². The van der Waals surface area contributed by atoms with Gasteiger partial charge in [-0.1, -0.05) is 6.92 Å². The first-order chi connectivity index (χ1) is 9.59. The molecule has 1 amide bonds. The summed E-state index contributed by atoms with van der Waals surface area (Å²) in [7, 11) is 0. The minimum atomic E-state index is -0.771. The number of amides is 1. The standard InChI is InChI=1S/C15H26N2O3/c1-11-5-4-9-16-14(11)15(20)17-10-3-2-6-12(17)7-8-13(18)19/h11-12,14,16H,2-10H2,1H3,(H,18,19). The summed E-state index contributed by atoms with van der Waals surface area (Å²) in [4.78, 5) is 25.4. The van der Waals surface area contributed by atoms with Crippen LogP contribution in [0.25, 0.3) is 0 Å². The summed E-state index contributed by atoms with van der Waals surface area (Å²) in [5, 5.41) is 12.2. The van der Waals surface area contributed by atoms with E-state index >= 15 is 0 Å². The Morgan fingerprint density at radius 3 is 2.75 bits per heavy atom. The van der Waals surface area contributed by atoms with Crippen LogP contribution in [0.4, 0.5) is 0 Å². The van der Waals surface area contributed by atoms with Crippen molar-refractivity contribution in [2.45, 2.75) is 64.0 Å². The molecule has 0 radical (unpaired) electrons. The van der Waals surface area contributed by atoms with Crippen molar-refractivity contribution in [2.75, 3.05) is 13.1 Å². The third-order valence-corrected chi connectivity index (χ3v) is 4.64. The lowest BCUT2D eigenvalue weighted by Crippen LogP contribution is -2.56. The van der Waals surface area contributed by atoms with Crippen molar-refractivity contribution in [3.63, 3.8) is 0 Å². The van der Waals surface area contributed by atoms with Gasteiger partial charge < -0.3 is 15.3 Å². The van der Waals surface area contributed by atoms with E-state index in [-0.39, 0.29) is 24.4 Å². The third kappa shape index (κ3) is 3.72. The summed E-state index contributed by atoms with van der Waals surface area (Å²) in [6.07, 6.45) is 6.05. The summed E-state index contributed by atoms with van der Waals surface area (Å²) in [5.74, 6) is -0.210. The maximum Gasteiger partial charge on any atom is 0.303 e. The van der Waals surface area contributed by atoms with E-state index in [1.165, 1.54) is 0 Å². The first-order valence-electron chi connectivity index (χ1n) is 7.85. The van der Waals surface area contributed by atoms with Crippen molar-refractivity contribution >= 4 is 11.9 Å². The molecule has 2 N–H and O–H groups in total. The van der Waals surface area contributed by atoms with Gasteiger partial charge in [0.25, 0.3) is 0 Å². The van der Waals surface area contributed by atoms with Crippen molar-refractivity contribution < 1.29 is 14.7 Å². The lowest BCUT2D eigenvalue weighted by molar-refractivity contribution is -0.142. The molecule has 0 aromatic carbocycles. The summed E-state index contributed by atoms with van der Waals surface area (Å²) in [6.45, 7) is 3.83. The Balaban J connectivity index is 1.98. The minimum absolute atomic E-state index is 0.0748. The highest BCUT2D eigenvalue weighted by molar-refractivity contribution is 5.82. The molecule has 3 atom stereocenters. The first-order valence-corrected chi connectivity index (χ1v) is 7.85. The van der Waals surface area contributed by atoms with E-state index in [9.17, 15) is 9.59 Å². The summed E-state index contributed by atoms with van der Waals surface area (Å²) in [5.41, 5.74) is 0. The van der Waals surface area contributed by atoms with E-state index in [0.29, 0.717) is 12.3 Å². The molecule has 20 heavy (non-hydrogen) atoms. The number of carboxylic acids is 1. The van der Waals surface area contributed by atoms with Gasteiger partial charge in [0.1, 0.15) is 0 Å². The summed E-state index contributed by atoms with van der Waals surface area (Å²) in [6, 6.07) is 0.0393. The molecule has 0 saturated carbocycles. The van der Waals surface area contributed by atoms with Crippen LogP contribution in [-0.2, 0) is 9.59 Å². The zero-order valence-electron chi connectivity index (χ0n) is 12.3. The fourth-order valence-electron chi connectivity index (χ4n) is 3.44. The molecule has 0 aromatic rings. The number of nitrogens with one attached hydrogen (secondary N) is 1. The Morgan fingerprint density at radius 2 is 2.05 bits per heavy atom. The molecule has 5 nitrogen and oxygen atoms in total. The normalized spacial score (nSPS) is 31.1. The van der Waals surface area contributed by atoms with E-state index < -0.39 is 5.97 Å². The van der Waals surface area contributed by atoms with Crippen LogP contribution in [0.15, 0.2) is 0 Å². The van der Waals surface area contributed by atoms with Crippen LogP contribution >= 0.6 is 0 Å². The summed E-state index contributed by atoms with van der Waals surface area (Å²) >= 11 is 0. The Morgan fingerprint density at radius 1 is 1.25 bits per heavy atom. The van der Waals surface area contributed by atoms with Gasteiger partial charge in [0.15, 0.2) is 0 Å². The van der Waals surface area contributed by atoms with Crippen LogP contribution in [0.5, 0.6) is 0 Å². The smallest absolute Gasteiger partial charge is 0.303 e. The molecule has 2 aliphatic rings. The van der Waals surface area contributed by atoms with E-state index in [2.05, 4.69) is 12.2 Å². The third-order valence-electron chi connectivity index (χ3n) is 4.64. The molecule has 0 spiro atoms. The number of hydrogen-bond donors (Lipinski definition) is 2. The average molecular weight is 282 g/mol. The maximum absolute atomic E-state index is 12.7. The van der Waals surface area contributed by atoms with E-state index in [4.69, 9.17) is 5.11 Å². The molecule has 2 rings (SSSR count). The van der Waals surface area contributed by atoms with Crippen molar-refractivity contribution in [3.05, 3.63) is 0 Å². The molecule has 2 fully saturated rings. The fraction of sp³-hybridized carbons (Fsp3) is 0.867. The largest absolute Gasteiger partial charge is 0.481 e. The number of hydrogen-bond acceptors (Lipinski definition) is 3. The van der Waals surface area contributed by atoms with Crippen LogP contribution in [0.2, 0.25) is 0 Å². The van der Waals surface area contributed by atoms with E-state index in [0.717, 1.165) is 45.2 Å². The predicted octanol–water partition coefficient (Wildman–Crippen LogP) is 1.62. The number of aliphatic carboxylic acids is 1. The second-order valence-corrected chi connectivity index (χ2v) is 6.16. The van der Waals surface area contributed by atoms with Crippen LogP contribution in [0.3, 0.4) is 0 Å². The molecule has 2 saturated heterocycles. The summed E-state index contributed by atoms with van der Waals surface area (Å²) < 4.78 is 0. The zero-order chi connectivity index (χ0) is 14.5. The second kappa shape index (κ2) is 7.07. The number of nitrogens with zero attached hydrogens (tertiary/aromatic N) is 1. The molecule has 3 unspecified atom stereocenters. The number of rotatable bonds is 4. The minimum Gasteiger partial charge on any atom is -0.481 e. The average Bonchev–Trinajstić information content (AvgIpc) is 2.45. The van der Waals surface area contributed by atoms with Gasteiger partial charge in [-0.3, -0.25) is 9.59 Å². The number of piperidine rings is 2. The lowest BCUT2D eigenvalue weighted by Gasteiger charge is -2.40. The molecule has 0 aliphatic carbocycles. The van der Waals surface area contributed by atoms with Crippen LogP contribution in [0.1, 0.15) is 51.9 Å². The monoisotopic (exact) mass is 282 g/mol. The highest BCUT2D eigenvalue weighted by atomic mass is 16.4. The number of carbonyl (C=O) groups is 2. The lowest BCUT2D eigenvalue weighted by atomic mass is 9.89. The Kier molecular flexibility index (Phi) is 5.40. The molecular weight excluding hydrogens is 256 g/mol. The van der Waals surface area contributed by atoms with Gasteiger partial charge in [0.05, 0.1) is 6.04 Å². The van der Waals surface area contributed by atoms with E-state index in [1.54, 1.807) is 0 Å². The molecule has 114 valence electrons. The molecule has 0 bridgehead atoms. The fourth-order valence-corrected chi connectivity index (χ4v) is 3.44. The number of likely N-dealkylation sites (tertiary alicyclic amines) is 1. The molecule has 2 heterocycles. The Bertz CT molecular complexity index is 359. The highest BCUT2D eigenvalue weighted by Gasteiger charge is 2.35. The molecule has 2 aliphatic heterocycles. The van der Waals surface area contributed by atoms with E-state index in [1.807, 2.05) is 4.90 Å². The highest BCUT2D eigenvalue weighted by Crippen LogP contribution is 2.25. The van der Waals surface area contributed by atoms with Gasteiger partial charge in [-0.25, -0.2) is 0 Å². The predicted molar refractivity (Wildman–Crippen MR) is 76.4 cm³/mol. The van der Waals surface area contributed by atoms with Crippen molar-refractivity contribution in [1.82, 2.24) is 10.2 Å². The van der Waals surface area contributed by atoms with Crippen molar-refractivity contribution in [2.24, 2.45) is 5.92 Å². The number of carboxylic acid groups (broad SMARTS) is 1. The quantitative estimate of drug-likeness (QED) is 0.822. The van der Waals surface area contributed by atoms with Crippen LogP contribution in [0, 0.1) is 5.92 Å². The van der Waals surface area contributed by atoms with Gasteiger partial charge >= 0.3 is 5.97 Å². The molecule has 0 aromatic heterocycles. The van der Waals surface area contributed by atoms with Crippen molar-refractivity contribution in [3.8, 4) is 0 Å². The topological polar surface area (TPSA) is 69.6 Å². The maximum atomic E-state index is 12.7. The van der Waals surface area contributed by atoms with Gasteiger partial charge in [-0.2, -0.15) is 0 Å². The Labute approximate surface area is 120 Å². The molecular formula is C15H26N2O3. The zero-order valence-corrected chi connectivity index (χ0v) is 12.3. The van der Waals surface area contributed by atoms with Crippen molar-refractivity contribution in [1.29, 1.82) is 0 Å². The van der Waals surface area contributed by atoms with Crippen LogP contribution < -0.4 is 5.32 Å². The Hall–Kier alpha value is -1.10. The van der Waals surface area contributed by atoms with Gasteiger partial charge in [-0.05, 0) is 51.0 Å². The SMILES string of the molecule is CC1CCCNC1C(=O)N1CCCCC1CCC(=O)O. The van der Waals surface area contributed by atoms with Crippen LogP contribution in [-0.4, -0.2) is 47.1 Å².